The number of amides is 2. The highest BCUT2D eigenvalue weighted by atomic mass is 19.1. The fourth-order valence-corrected chi connectivity index (χ4v) is 4.20. The van der Waals surface area contributed by atoms with Crippen LogP contribution in [0.15, 0.2) is 48.2 Å². The second-order valence-corrected chi connectivity index (χ2v) is 8.23. The van der Waals surface area contributed by atoms with Crippen LogP contribution in [-0.4, -0.2) is 67.4 Å². The van der Waals surface area contributed by atoms with Gasteiger partial charge in [-0.3, -0.25) is 14.3 Å². The molecule has 0 atom stereocenters. The average Bonchev–Trinajstić information content (AvgIpc) is 3.48. The third-order valence-electron chi connectivity index (χ3n) is 6.11. The van der Waals surface area contributed by atoms with Crippen LogP contribution in [-0.2, 0) is 16.9 Å². The minimum atomic E-state index is -0.661. The lowest BCUT2D eigenvalue weighted by Crippen LogP contribution is -2.49. The van der Waals surface area contributed by atoms with Gasteiger partial charge in [-0.15, -0.1) is 0 Å². The van der Waals surface area contributed by atoms with E-state index >= 15 is 0 Å². The van der Waals surface area contributed by atoms with Gasteiger partial charge in [0.05, 0.1) is 11.9 Å². The van der Waals surface area contributed by atoms with E-state index in [0.717, 1.165) is 0 Å². The summed E-state index contributed by atoms with van der Waals surface area (Å²) >= 11 is 0. The van der Waals surface area contributed by atoms with Crippen LogP contribution < -0.4 is 11.1 Å². The molecule has 3 aromatic heterocycles. The monoisotopic (exact) mass is 467 g/mol. The van der Waals surface area contributed by atoms with E-state index in [1.165, 1.54) is 12.3 Å². The fourth-order valence-electron chi connectivity index (χ4n) is 4.20. The first-order valence-corrected chi connectivity index (χ1v) is 10.8. The Hall–Kier alpha value is -4.09. The van der Waals surface area contributed by atoms with Crippen molar-refractivity contribution in [2.24, 2.45) is 10.7 Å². The molecule has 0 saturated carbocycles. The van der Waals surface area contributed by atoms with E-state index in [0.29, 0.717) is 44.6 Å². The first-order chi connectivity index (χ1) is 16.4. The number of primary amides is 1. The quantitative estimate of drug-likeness (QED) is 0.362. The Morgan fingerprint density at radius 1 is 1.29 bits per heavy atom. The summed E-state index contributed by atoms with van der Waals surface area (Å²) in [6, 6.07) is 2.76. The lowest BCUT2D eigenvalue weighted by atomic mass is 9.84. The van der Waals surface area contributed by atoms with Crippen molar-refractivity contribution in [1.29, 1.82) is 0 Å². The number of rotatable bonds is 9. The molecule has 34 heavy (non-hydrogen) atoms. The molecule has 4 rings (SSSR count). The van der Waals surface area contributed by atoms with Crippen molar-refractivity contribution in [3.05, 3.63) is 54.8 Å². The van der Waals surface area contributed by atoms with E-state index in [1.54, 1.807) is 40.2 Å². The number of nitrogens with zero attached hydrogens (tertiary/aromatic N) is 7. The van der Waals surface area contributed by atoms with E-state index in [9.17, 15) is 14.0 Å². The van der Waals surface area contributed by atoms with Crippen LogP contribution in [0.3, 0.4) is 0 Å². The van der Waals surface area contributed by atoms with Gasteiger partial charge in [0.2, 0.25) is 11.9 Å². The third kappa shape index (κ3) is 4.95. The zero-order valence-corrected chi connectivity index (χ0v) is 18.6. The number of nitrogens with two attached hydrogens (primary N) is 1. The molecule has 12 heteroatoms. The first-order valence-electron chi connectivity index (χ1n) is 10.8. The van der Waals surface area contributed by atoms with Crippen LogP contribution in [0, 0.1) is 5.95 Å². The zero-order valence-electron chi connectivity index (χ0n) is 18.6. The van der Waals surface area contributed by atoms with Crippen LogP contribution in [0.1, 0.15) is 29.6 Å². The second-order valence-electron chi connectivity index (χ2n) is 8.23. The molecule has 0 radical (unpaired) electrons. The van der Waals surface area contributed by atoms with Gasteiger partial charge in [-0.25, -0.2) is 9.97 Å². The molecule has 2 amide bonds. The number of carbonyl (C=O) groups excluding carboxylic acids is 2. The molecule has 1 saturated heterocycles. The fraction of sp³-hybridized carbons (Fsp3) is 0.364. The standard InChI is InChI=1S/C22H26FN9O2/c1-25-7-3-22(4-9-31(10-5-22)19(33)14-30-11-8-26-15-30)32-13-17(20(24)34)21(29-32)28-16-2-6-27-18(23)12-16/h2,6,8,11-13,15H,1,3-5,7,9-10,14H2,(H2,24,34)(H,27,28,29). The van der Waals surface area contributed by atoms with Gasteiger partial charge < -0.3 is 25.5 Å². The highest BCUT2D eigenvalue weighted by molar-refractivity contribution is 5.98. The number of piperidine rings is 1. The van der Waals surface area contributed by atoms with Crippen molar-refractivity contribution in [1.82, 2.24) is 29.2 Å². The molecule has 1 aliphatic heterocycles. The molecule has 0 aromatic carbocycles. The molecule has 3 aromatic rings. The number of hydrogen-bond acceptors (Lipinski definition) is 7. The van der Waals surface area contributed by atoms with Crippen LogP contribution in [0.25, 0.3) is 0 Å². The number of nitrogens with one attached hydrogen (secondary N) is 1. The third-order valence-corrected chi connectivity index (χ3v) is 6.11. The number of aliphatic imine (C=N–C) groups is 1. The number of imidazole rings is 1. The first kappa shape index (κ1) is 23.1. The van der Waals surface area contributed by atoms with E-state index in [2.05, 4.69) is 32.1 Å². The summed E-state index contributed by atoms with van der Waals surface area (Å²) in [6.07, 6.45) is 9.77. The van der Waals surface area contributed by atoms with Crippen molar-refractivity contribution in [2.75, 3.05) is 25.0 Å². The molecule has 3 N–H and O–H groups in total. The number of hydrogen-bond donors (Lipinski definition) is 2. The van der Waals surface area contributed by atoms with Crippen molar-refractivity contribution >= 4 is 30.0 Å². The Labute approximate surface area is 195 Å². The maximum atomic E-state index is 13.5. The van der Waals surface area contributed by atoms with Gasteiger partial charge in [0.15, 0.2) is 5.82 Å². The van der Waals surface area contributed by atoms with Crippen molar-refractivity contribution in [3.63, 3.8) is 0 Å². The van der Waals surface area contributed by atoms with Crippen LogP contribution in [0.5, 0.6) is 0 Å². The number of likely N-dealkylation sites (tertiary alicyclic amines) is 1. The molecule has 1 aliphatic rings. The van der Waals surface area contributed by atoms with E-state index < -0.39 is 17.4 Å². The van der Waals surface area contributed by atoms with Gasteiger partial charge in [-0.05, 0) is 32.0 Å². The van der Waals surface area contributed by atoms with Crippen LogP contribution in [0.2, 0.25) is 0 Å². The predicted octanol–water partition coefficient (Wildman–Crippen LogP) is 1.56. The summed E-state index contributed by atoms with van der Waals surface area (Å²) < 4.78 is 17.0. The van der Waals surface area contributed by atoms with Gasteiger partial charge in [-0.1, -0.05) is 0 Å². The minimum Gasteiger partial charge on any atom is -0.365 e. The molecule has 0 unspecified atom stereocenters. The molecule has 4 heterocycles. The highest BCUT2D eigenvalue weighted by Crippen LogP contribution is 2.35. The number of carbonyl (C=O) groups is 2. The summed E-state index contributed by atoms with van der Waals surface area (Å²) in [5.41, 5.74) is 5.69. The van der Waals surface area contributed by atoms with Gasteiger partial charge in [0.25, 0.3) is 5.91 Å². The summed E-state index contributed by atoms with van der Waals surface area (Å²) in [5.74, 6) is -1.09. The Kier molecular flexibility index (Phi) is 6.66. The Morgan fingerprint density at radius 2 is 2.09 bits per heavy atom. The maximum Gasteiger partial charge on any atom is 0.254 e. The minimum absolute atomic E-state index is 0.00815. The molecule has 0 spiro atoms. The molecule has 11 nitrogen and oxygen atoms in total. The highest BCUT2D eigenvalue weighted by Gasteiger charge is 2.39. The summed E-state index contributed by atoms with van der Waals surface area (Å²) in [5, 5.41) is 7.58. The van der Waals surface area contributed by atoms with Gasteiger partial charge in [-0.2, -0.15) is 9.49 Å². The number of halogens is 1. The second kappa shape index (κ2) is 9.81. The summed E-state index contributed by atoms with van der Waals surface area (Å²) in [7, 11) is 0. The lowest BCUT2D eigenvalue weighted by molar-refractivity contribution is -0.134. The predicted molar refractivity (Wildman–Crippen MR) is 123 cm³/mol. The van der Waals surface area contributed by atoms with Crippen LogP contribution in [0.4, 0.5) is 15.9 Å². The lowest BCUT2D eigenvalue weighted by Gasteiger charge is -2.42. The number of anilines is 2. The molecule has 0 bridgehead atoms. The van der Waals surface area contributed by atoms with Gasteiger partial charge in [0.1, 0.15) is 12.1 Å². The van der Waals surface area contributed by atoms with Crippen molar-refractivity contribution in [3.8, 4) is 0 Å². The molecule has 0 aliphatic carbocycles. The van der Waals surface area contributed by atoms with Gasteiger partial charge in [0, 0.05) is 56.2 Å². The SMILES string of the molecule is C=NCCC1(n2cc(C(N)=O)c(Nc3ccnc(F)c3)n2)CCN(C(=O)Cn2ccnc2)CC1. The number of aromatic nitrogens is 5. The van der Waals surface area contributed by atoms with E-state index in [4.69, 9.17) is 5.73 Å². The van der Waals surface area contributed by atoms with Crippen LogP contribution >= 0.6 is 0 Å². The van der Waals surface area contributed by atoms with Crippen molar-refractivity contribution in [2.45, 2.75) is 31.3 Å². The van der Waals surface area contributed by atoms with E-state index in [1.807, 2.05) is 4.90 Å². The van der Waals surface area contributed by atoms with Crippen molar-refractivity contribution < 1.29 is 14.0 Å². The Bertz CT molecular complexity index is 1170. The zero-order chi connectivity index (χ0) is 24.1. The Balaban J connectivity index is 1.57. The normalized spacial score (nSPS) is 15.1. The maximum absolute atomic E-state index is 13.5. The molecule has 1 fully saturated rings. The van der Waals surface area contributed by atoms with E-state index in [-0.39, 0.29) is 23.8 Å². The molecular formula is C22H26FN9O2. The summed E-state index contributed by atoms with van der Waals surface area (Å²) in [6.45, 7) is 5.35. The van der Waals surface area contributed by atoms with Gasteiger partial charge >= 0.3 is 0 Å². The summed E-state index contributed by atoms with van der Waals surface area (Å²) in [4.78, 5) is 38.2. The number of pyridine rings is 1. The molecular weight excluding hydrogens is 441 g/mol. The Morgan fingerprint density at radius 3 is 2.74 bits per heavy atom. The topological polar surface area (TPSA) is 136 Å². The largest absolute Gasteiger partial charge is 0.365 e. The average molecular weight is 468 g/mol. The smallest absolute Gasteiger partial charge is 0.254 e. The molecule has 178 valence electrons.